The van der Waals surface area contributed by atoms with Crippen molar-refractivity contribution >= 4 is 27.5 Å². The monoisotopic (exact) mass is 251 g/mol. The fraction of sp³-hybridized carbons (Fsp3) is 0.125. The molecular formula is C8H7ClFNO3S. The highest BCUT2D eigenvalue weighted by atomic mass is 35.5. The summed E-state index contributed by atoms with van der Waals surface area (Å²) in [5.74, 6) is -1.52. The molecule has 7 heteroatoms. The van der Waals surface area contributed by atoms with Crippen molar-refractivity contribution in [2.45, 2.75) is 0 Å². The van der Waals surface area contributed by atoms with Crippen LogP contribution in [0.4, 0.5) is 4.39 Å². The molecule has 0 fully saturated rings. The Labute approximate surface area is 91.1 Å². The maximum absolute atomic E-state index is 12.7. The quantitative estimate of drug-likeness (QED) is 0.858. The van der Waals surface area contributed by atoms with Gasteiger partial charge in [-0.05, 0) is 18.2 Å². The van der Waals surface area contributed by atoms with E-state index in [-0.39, 0.29) is 10.6 Å². The average molecular weight is 252 g/mol. The van der Waals surface area contributed by atoms with Crippen LogP contribution in [-0.4, -0.2) is 20.6 Å². The lowest BCUT2D eigenvalue weighted by atomic mass is 10.2. The largest absolute Gasteiger partial charge is 0.268 e. The number of nitrogens with one attached hydrogen (secondary N) is 1. The van der Waals surface area contributed by atoms with Gasteiger partial charge in [-0.1, -0.05) is 11.6 Å². The van der Waals surface area contributed by atoms with Gasteiger partial charge < -0.3 is 0 Å². The maximum atomic E-state index is 12.7. The number of halogens is 2. The Bertz CT molecular complexity index is 501. The molecule has 0 aliphatic heterocycles. The number of sulfonamides is 1. The summed E-state index contributed by atoms with van der Waals surface area (Å²) in [6.07, 6.45) is 0.843. The lowest BCUT2D eigenvalue weighted by Gasteiger charge is -2.03. The van der Waals surface area contributed by atoms with Crippen molar-refractivity contribution in [1.29, 1.82) is 0 Å². The van der Waals surface area contributed by atoms with Gasteiger partial charge in [-0.15, -0.1) is 0 Å². The molecule has 0 saturated heterocycles. The van der Waals surface area contributed by atoms with Crippen LogP contribution in [0, 0.1) is 5.82 Å². The number of amides is 1. The standard InChI is InChI=1S/C8H7ClFNO3S/c1-15(13,14)11-8(12)5-2-3-7(10)6(9)4-5/h2-4H,1H3,(H,11,12). The summed E-state index contributed by atoms with van der Waals surface area (Å²) < 4.78 is 35.9. The molecule has 1 amide bonds. The molecule has 0 radical (unpaired) electrons. The predicted octanol–water partition coefficient (Wildman–Crippen LogP) is 1.17. The van der Waals surface area contributed by atoms with Crippen LogP contribution in [0.1, 0.15) is 10.4 Å². The first-order valence-corrected chi connectivity index (χ1v) is 6.04. The van der Waals surface area contributed by atoms with Crippen molar-refractivity contribution in [3.8, 4) is 0 Å². The Kier molecular flexibility index (Phi) is 3.31. The Balaban J connectivity index is 2.98. The first kappa shape index (κ1) is 11.9. The van der Waals surface area contributed by atoms with Gasteiger partial charge in [-0.3, -0.25) is 4.79 Å². The zero-order chi connectivity index (χ0) is 11.6. The molecule has 0 saturated carbocycles. The first-order chi connectivity index (χ1) is 6.79. The predicted molar refractivity (Wildman–Crippen MR) is 53.7 cm³/mol. The highest BCUT2D eigenvalue weighted by Gasteiger charge is 2.12. The lowest BCUT2D eigenvalue weighted by Crippen LogP contribution is -2.29. The lowest BCUT2D eigenvalue weighted by molar-refractivity contribution is 0.0981. The zero-order valence-corrected chi connectivity index (χ0v) is 9.19. The molecule has 0 aromatic heterocycles. The SMILES string of the molecule is CS(=O)(=O)NC(=O)c1ccc(F)c(Cl)c1. The Morgan fingerprint density at radius 3 is 2.53 bits per heavy atom. The second-order valence-electron chi connectivity index (χ2n) is 2.83. The molecular weight excluding hydrogens is 245 g/mol. The van der Waals surface area contributed by atoms with E-state index in [9.17, 15) is 17.6 Å². The van der Waals surface area contributed by atoms with E-state index in [2.05, 4.69) is 0 Å². The van der Waals surface area contributed by atoms with Crippen LogP contribution in [0.3, 0.4) is 0 Å². The van der Waals surface area contributed by atoms with Crippen molar-refractivity contribution in [2.75, 3.05) is 6.26 Å². The van der Waals surface area contributed by atoms with E-state index in [4.69, 9.17) is 11.6 Å². The fourth-order valence-electron chi connectivity index (χ4n) is 0.865. The van der Waals surface area contributed by atoms with Gasteiger partial charge in [0.1, 0.15) is 5.82 Å². The van der Waals surface area contributed by atoms with Crippen molar-refractivity contribution in [3.63, 3.8) is 0 Å². The smallest absolute Gasteiger partial charge is 0.264 e. The summed E-state index contributed by atoms with van der Waals surface area (Å²) >= 11 is 5.42. The van der Waals surface area contributed by atoms with Gasteiger partial charge in [0.2, 0.25) is 10.0 Å². The molecule has 0 aliphatic carbocycles. The van der Waals surface area contributed by atoms with Crippen molar-refractivity contribution in [2.24, 2.45) is 0 Å². The van der Waals surface area contributed by atoms with E-state index in [1.807, 2.05) is 0 Å². The molecule has 0 atom stereocenters. The molecule has 0 bridgehead atoms. The van der Waals surface area contributed by atoms with Crippen molar-refractivity contribution in [3.05, 3.63) is 34.6 Å². The summed E-state index contributed by atoms with van der Waals surface area (Å²) in [6, 6.07) is 3.18. The molecule has 0 spiro atoms. The molecule has 1 aromatic carbocycles. The fourth-order valence-corrected chi connectivity index (χ4v) is 1.50. The van der Waals surface area contributed by atoms with E-state index in [0.717, 1.165) is 24.5 Å². The van der Waals surface area contributed by atoms with Crippen LogP contribution in [0.5, 0.6) is 0 Å². The van der Waals surface area contributed by atoms with Gasteiger partial charge >= 0.3 is 0 Å². The van der Waals surface area contributed by atoms with Crippen LogP contribution in [-0.2, 0) is 10.0 Å². The van der Waals surface area contributed by atoms with Gasteiger partial charge in [-0.25, -0.2) is 17.5 Å². The molecule has 1 rings (SSSR count). The Morgan fingerprint density at radius 2 is 2.07 bits per heavy atom. The first-order valence-electron chi connectivity index (χ1n) is 3.77. The third-order valence-corrected chi connectivity index (χ3v) is 2.31. The molecule has 0 unspecified atom stereocenters. The van der Waals surface area contributed by atoms with Gasteiger partial charge in [0, 0.05) is 5.56 Å². The number of benzene rings is 1. The van der Waals surface area contributed by atoms with Gasteiger partial charge in [-0.2, -0.15) is 0 Å². The van der Waals surface area contributed by atoms with E-state index >= 15 is 0 Å². The van der Waals surface area contributed by atoms with Gasteiger partial charge in [0.15, 0.2) is 0 Å². The van der Waals surface area contributed by atoms with E-state index in [1.54, 1.807) is 4.72 Å². The minimum atomic E-state index is -3.63. The number of hydrogen-bond donors (Lipinski definition) is 1. The third-order valence-electron chi connectivity index (χ3n) is 1.46. The summed E-state index contributed by atoms with van der Waals surface area (Å²) in [6.45, 7) is 0. The highest BCUT2D eigenvalue weighted by Crippen LogP contribution is 2.15. The summed E-state index contributed by atoms with van der Waals surface area (Å²) in [7, 11) is -3.63. The van der Waals surface area contributed by atoms with E-state index in [0.29, 0.717) is 0 Å². The number of carbonyl (C=O) groups excluding carboxylic acids is 1. The highest BCUT2D eigenvalue weighted by molar-refractivity contribution is 7.89. The topological polar surface area (TPSA) is 63.2 Å². The summed E-state index contributed by atoms with van der Waals surface area (Å²) in [5.41, 5.74) is -0.0215. The average Bonchev–Trinajstić information content (AvgIpc) is 2.06. The molecule has 1 N–H and O–H groups in total. The summed E-state index contributed by atoms with van der Waals surface area (Å²) in [4.78, 5) is 11.3. The minimum Gasteiger partial charge on any atom is -0.268 e. The normalized spacial score (nSPS) is 11.1. The second-order valence-corrected chi connectivity index (χ2v) is 4.99. The molecule has 0 aliphatic rings. The van der Waals surface area contributed by atoms with Crippen LogP contribution in [0.2, 0.25) is 5.02 Å². The number of carbonyl (C=O) groups is 1. The van der Waals surface area contributed by atoms with E-state index < -0.39 is 21.7 Å². The maximum Gasteiger partial charge on any atom is 0.264 e. The van der Waals surface area contributed by atoms with Crippen LogP contribution in [0.15, 0.2) is 18.2 Å². The molecule has 82 valence electrons. The molecule has 4 nitrogen and oxygen atoms in total. The molecule has 1 aromatic rings. The Hall–Kier alpha value is -1.14. The number of rotatable bonds is 2. The van der Waals surface area contributed by atoms with Crippen molar-refractivity contribution in [1.82, 2.24) is 4.72 Å². The Morgan fingerprint density at radius 1 is 1.47 bits per heavy atom. The van der Waals surface area contributed by atoms with Crippen LogP contribution >= 0.6 is 11.6 Å². The van der Waals surface area contributed by atoms with Crippen molar-refractivity contribution < 1.29 is 17.6 Å². The third kappa shape index (κ3) is 3.49. The summed E-state index contributed by atoms with van der Waals surface area (Å²) in [5, 5.41) is -0.240. The van der Waals surface area contributed by atoms with Gasteiger partial charge in [0.05, 0.1) is 11.3 Å². The minimum absolute atomic E-state index is 0.0215. The zero-order valence-electron chi connectivity index (χ0n) is 7.62. The number of hydrogen-bond acceptors (Lipinski definition) is 3. The van der Waals surface area contributed by atoms with Crippen LogP contribution < -0.4 is 4.72 Å². The van der Waals surface area contributed by atoms with Gasteiger partial charge in [0.25, 0.3) is 5.91 Å². The second kappa shape index (κ2) is 4.16. The van der Waals surface area contributed by atoms with E-state index in [1.165, 1.54) is 0 Å². The molecule has 15 heavy (non-hydrogen) atoms. The molecule has 0 heterocycles. The van der Waals surface area contributed by atoms with Crippen LogP contribution in [0.25, 0.3) is 0 Å².